The molecule has 0 aliphatic carbocycles. The molecule has 0 unspecified atom stereocenters. The van der Waals surface area contributed by atoms with Crippen molar-refractivity contribution >= 4 is 21.4 Å². The molecule has 7 heteroatoms. The van der Waals surface area contributed by atoms with E-state index in [1.54, 1.807) is 13.0 Å². The molecule has 0 aromatic heterocycles. The first-order valence-electron chi connectivity index (χ1n) is 6.10. The maximum Gasteiger partial charge on any atom is 0.238 e. The van der Waals surface area contributed by atoms with Crippen molar-refractivity contribution in [3.63, 3.8) is 0 Å². The molecule has 1 aromatic rings. The largest absolute Gasteiger partial charge is 0.399 e. The molecule has 6 nitrogen and oxygen atoms in total. The van der Waals surface area contributed by atoms with E-state index in [4.69, 9.17) is 15.6 Å². The van der Waals surface area contributed by atoms with Gasteiger partial charge in [0.15, 0.2) is 0 Å². The monoisotopic (exact) mass is 299 g/mol. The van der Waals surface area contributed by atoms with Gasteiger partial charge in [-0.15, -0.1) is 0 Å². The molecule has 0 saturated carbocycles. The molecule has 0 fully saturated rings. The average Bonchev–Trinajstić information content (AvgIpc) is 2.30. The van der Waals surface area contributed by atoms with Crippen LogP contribution in [0.3, 0.4) is 0 Å². The molecule has 0 bridgehead atoms. The van der Waals surface area contributed by atoms with Crippen LogP contribution >= 0.6 is 0 Å². The van der Waals surface area contributed by atoms with E-state index in [9.17, 15) is 8.42 Å². The smallest absolute Gasteiger partial charge is 0.238 e. The number of nitrogens with two attached hydrogens (primary N) is 2. The number of benzene rings is 1. The Bertz CT molecular complexity index is 597. The summed E-state index contributed by atoms with van der Waals surface area (Å²) in [6, 6.07) is 3.02. The van der Waals surface area contributed by atoms with E-state index < -0.39 is 10.0 Å². The molecule has 1 rings (SSSR count). The van der Waals surface area contributed by atoms with Gasteiger partial charge < -0.3 is 15.8 Å². The summed E-state index contributed by atoms with van der Waals surface area (Å²) >= 11 is 0. The van der Waals surface area contributed by atoms with Crippen molar-refractivity contribution in [2.45, 2.75) is 18.7 Å². The highest BCUT2D eigenvalue weighted by Gasteiger charge is 2.15. The molecule has 112 valence electrons. The van der Waals surface area contributed by atoms with Gasteiger partial charge in [-0.2, -0.15) is 0 Å². The lowest BCUT2D eigenvalue weighted by molar-refractivity contribution is 0.167. The predicted octanol–water partition coefficient (Wildman–Crippen LogP) is 1.23. The fraction of sp³-hybridized carbons (Fsp3) is 0.385. The molecule has 0 aliphatic heterocycles. The Morgan fingerprint density at radius 1 is 1.45 bits per heavy atom. The molecule has 5 N–H and O–H groups in total. The van der Waals surface area contributed by atoms with Gasteiger partial charge in [-0.3, -0.25) is 0 Å². The van der Waals surface area contributed by atoms with Crippen molar-refractivity contribution in [3.05, 3.63) is 29.8 Å². The number of anilines is 2. The number of nitrogens with one attached hydrogen (secondary N) is 1. The summed E-state index contributed by atoms with van der Waals surface area (Å²) in [5, 5.41) is 8.24. The first kappa shape index (κ1) is 16.5. The molecule has 0 spiro atoms. The minimum absolute atomic E-state index is 0.0304. The third kappa shape index (κ3) is 4.84. The maximum absolute atomic E-state index is 11.5. The van der Waals surface area contributed by atoms with E-state index in [1.807, 2.05) is 6.92 Å². The summed E-state index contributed by atoms with van der Waals surface area (Å²) in [7, 11) is -3.79. The topological polar surface area (TPSA) is 107 Å². The molecule has 0 heterocycles. The number of rotatable bonds is 7. The van der Waals surface area contributed by atoms with Gasteiger partial charge in [-0.1, -0.05) is 12.2 Å². The molecule has 20 heavy (non-hydrogen) atoms. The van der Waals surface area contributed by atoms with Crippen molar-refractivity contribution in [2.75, 3.05) is 30.8 Å². The maximum atomic E-state index is 11.5. The van der Waals surface area contributed by atoms with Gasteiger partial charge in [0.05, 0.1) is 18.1 Å². The Morgan fingerprint density at radius 3 is 2.65 bits per heavy atom. The molecule has 0 atom stereocenters. The van der Waals surface area contributed by atoms with Crippen LogP contribution in [0.25, 0.3) is 0 Å². The normalized spacial score (nSPS) is 11.3. The molecule has 0 saturated heterocycles. The fourth-order valence-corrected chi connectivity index (χ4v) is 2.53. The molecule has 0 radical (unpaired) electrons. The lowest BCUT2D eigenvalue weighted by Gasteiger charge is -2.14. The van der Waals surface area contributed by atoms with Gasteiger partial charge in [0.1, 0.15) is 0 Å². The van der Waals surface area contributed by atoms with Crippen LogP contribution < -0.4 is 16.2 Å². The highest BCUT2D eigenvalue weighted by Crippen LogP contribution is 2.25. The van der Waals surface area contributed by atoms with Crippen LogP contribution in [0.5, 0.6) is 0 Å². The standard InChI is InChI=1S/C13H21N3O3S/c1-9(2)8-19-5-4-16-12-6-11(14)7-13(10(12)3)20(15,17)18/h6-7,16H,1,4-5,8,14H2,2-3H3,(H2,15,17,18). The van der Waals surface area contributed by atoms with Crippen LogP contribution in [0.2, 0.25) is 0 Å². The third-order valence-electron chi connectivity index (χ3n) is 2.60. The second-order valence-electron chi connectivity index (χ2n) is 4.67. The fourth-order valence-electron chi connectivity index (χ4n) is 1.69. The Kier molecular flexibility index (Phi) is 5.55. The second-order valence-corrected chi connectivity index (χ2v) is 6.20. The van der Waals surface area contributed by atoms with Crippen molar-refractivity contribution in [2.24, 2.45) is 5.14 Å². The minimum Gasteiger partial charge on any atom is -0.399 e. The highest BCUT2D eigenvalue weighted by molar-refractivity contribution is 7.89. The van der Waals surface area contributed by atoms with Crippen molar-refractivity contribution < 1.29 is 13.2 Å². The second kappa shape index (κ2) is 6.74. The highest BCUT2D eigenvalue weighted by atomic mass is 32.2. The summed E-state index contributed by atoms with van der Waals surface area (Å²) in [5.74, 6) is 0. The van der Waals surface area contributed by atoms with Crippen LogP contribution in [0.15, 0.2) is 29.2 Å². The van der Waals surface area contributed by atoms with Crippen LogP contribution in [0, 0.1) is 6.92 Å². The number of nitrogen functional groups attached to an aromatic ring is 1. The van der Waals surface area contributed by atoms with E-state index in [2.05, 4.69) is 11.9 Å². The predicted molar refractivity (Wildman–Crippen MR) is 81.1 cm³/mol. The van der Waals surface area contributed by atoms with Gasteiger partial charge in [0, 0.05) is 17.9 Å². The number of sulfonamides is 1. The lowest BCUT2D eigenvalue weighted by Crippen LogP contribution is -2.16. The molecular formula is C13H21N3O3S. The van der Waals surface area contributed by atoms with Crippen LogP contribution in [0.4, 0.5) is 11.4 Å². The number of hydrogen-bond acceptors (Lipinski definition) is 5. The molecule has 0 amide bonds. The summed E-state index contributed by atoms with van der Waals surface area (Å²) in [6.07, 6.45) is 0. The van der Waals surface area contributed by atoms with Crippen LogP contribution in [0.1, 0.15) is 12.5 Å². The minimum atomic E-state index is -3.79. The van der Waals surface area contributed by atoms with Crippen molar-refractivity contribution in [1.29, 1.82) is 0 Å². The Hall–Kier alpha value is -1.57. The quantitative estimate of drug-likeness (QED) is 0.399. The summed E-state index contributed by atoms with van der Waals surface area (Å²) in [6.45, 7) is 8.80. The summed E-state index contributed by atoms with van der Waals surface area (Å²) < 4.78 is 28.3. The van der Waals surface area contributed by atoms with Crippen LogP contribution in [-0.2, 0) is 14.8 Å². The SMILES string of the molecule is C=C(C)COCCNc1cc(N)cc(S(N)(=O)=O)c1C. The summed E-state index contributed by atoms with van der Waals surface area (Å²) in [5.41, 5.74) is 8.15. The van der Waals surface area contributed by atoms with E-state index in [0.717, 1.165) is 5.57 Å². The van der Waals surface area contributed by atoms with Crippen molar-refractivity contribution in [3.8, 4) is 0 Å². The first-order chi connectivity index (χ1) is 9.21. The summed E-state index contributed by atoms with van der Waals surface area (Å²) in [4.78, 5) is 0.0304. The zero-order valence-corrected chi connectivity index (χ0v) is 12.6. The number of ether oxygens (including phenoxy) is 1. The molecule has 1 aromatic carbocycles. The first-order valence-corrected chi connectivity index (χ1v) is 7.65. The van der Waals surface area contributed by atoms with E-state index in [0.29, 0.717) is 36.7 Å². The van der Waals surface area contributed by atoms with Gasteiger partial charge in [-0.05, 0) is 31.5 Å². The van der Waals surface area contributed by atoms with Gasteiger partial charge in [-0.25, -0.2) is 13.6 Å². The Labute approximate surface area is 119 Å². The zero-order valence-electron chi connectivity index (χ0n) is 11.8. The van der Waals surface area contributed by atoms with E-state index in [-0.39, 0.29) is 4.90 Å². The van der Waals surface area contributed by atoms with Gasteiger partial charge in [0.25, 0.3) is 0 Å². The van der Waals surface area contributed by atoms with Crippen molar-refractivity contribution in [1.82, 2.24) is 0 Å². The molecular weight excluding hydrogens is 278 g/mol. The van der Waals surface area contributed by atoms with Gasteiger partial charge in [0.2, 0.25) is 10.0 Å². The van der Waals surface area contributed by atoms with E-state index >= 15 is 0 Å². The van der Waals surface area contributed by atoms with E-state index in [1.165, 1.54) is 6.07 Å². The third-order valence-corrected chi connectivity index (χ3v) is 3.64. The number of primary sulfonamides is 1. The molecule has 0 aliphatic rings. The Morgan fingerprint density at radius 2 is 2.10 bits per heavy atom. The number of hydrogen-bond donors (Lipinski definition) is 3. The average molecular weight is 299 g/mol. The van der Waals surface area contributed by atoms with Crippen LogP contribution in [-0.4, -0.2) is 28.2 Å². The Balaban J connectivity index is 2.76. The zero-order chi connectivity index (χ0) is 15.3. The lowest BCUT2D eigenvalue weighted by atomic mass is 10.2. The van der Waals surface area contributed by atoms with Gasteiger partial charge >= 0.3 is 0 Å².